The van der Waals surface area contributed by atoms with Gasteiger partial charge in [-0.2, -0.15) is 0 Å². The Morgan fingerprint density at radius 3 is 2.81 bits per heavy atom. The van der Waals surface area contributed by atoms with E-state index in [9.17, 15) is 9.59 Å². The molecular formula is C22H24ClN5O3. The smallest absolute Gasteiger partial charge is 0.341 e. The van der Waals surface area contributed by atoms with Crippen LogP contribution in [0.5, 0.6) is 0 Å². The van der Waals surface area contributed by atoms with Crippen molar-refractivity contribution in [3.05, 3.63) is 58.9 Å². The molecule has 1 fully saturated rings. The summed E-state index contributed by atoms with van der Waals surface area (Å²) < 4.78 is 4.95. The number of anilines is 1. The number of benzene rings is 1. The van der Waals surface area contributed by atoms with Gasteiger partial charge in [0.2, 0.25) is 0 Å². The third kappa shape index (κ3) is 4.27. The highest BCUT2D eigenvalue weighted by Crippen LogP contribution is 2.32. The molecule has 1 saturated heterocycles. The molecular weight excluding hydrogens is 418 g/mol. The van der Waals surface area contributed by atoms with Crippen molar-refractivity contribution in [1.29, 1.82) is 0 Å². The van der Waals surface area contributed by atoms with E-state index in [1.807, 2.05) is 35.2 Å². The van der Waals surface area contributed by atoms with Crippen LogP contribution in [0.1, 0.15) is 22.3 Å². The highest BCUT2D eigenvalue weighted by molar-refractivity contribution is 6.30. The zero-order valence-electron chi connectivity index (χ0n) is 17.1. The van der Waals surface area contributed by atoms with E-state index in [1.165, 1.54) is 13.3 Å². The van der Waals surface area contributed by atoms with Crippen LogP contribution in [0.25, 0.3) is 11.0 Å². The maximum absolute atomic E-state index is 13.0. The SMILES string of the molecule is COC(=O)c1cnc2[nH]ccc2c1N1CCNC(C(=O)CCc2ccc(Cl)cc2)C1N. The Balaban J connectivity index is 1.58. The zero-order chi connectivity index (χ0) is 22.0. The summed E-state index contributed by atoms with van der Waals surface area (Å²) in [5.41, 5.74) is 9.18. The van der Waals surface area contributed by atoms with Gasteiger partial charge in [-0.05, 0) is 30.2 Å². The van der Waals surface area contributed by atoms with Crippen LogP contribution in [0.15, 0.2) is 42.7 Å². The molecule has 2 aromatic heterocycles. The fraction of sp³-hybridized carbons (Fsp3) is 0.318. The molecule has 1 aromatic carbocycles. The molecule has 3 heterocycles. The maximum atomic E-state index is 13.0. The number of nitrogens with zero attached hydrogens (tertiary/aromatic N) is 2. The minimum Gasteiger partial charge on any atom is -0.465 e. The summed E-state index contributed by atoms with van der Waals surface area (Å²) in [6.07, 6.45) is 3.54. The number of hydrogen-bond acceptors (Lipinski definition) is 7. The highest BCUT2D eigenvalue weighted by atomic mass is 35.5. The van der Waals surface area contributed by atoms with E-state index in [-0.39, 0.29) is 5.78 Å². The van der Waals surface area contributed by atoms with Crippen LogP contribution < -0.4 is 16.0 Å². The van der Waals surface area contributed by atoms with Crippen molar-refractivity contribution in [2.24, 2.45) is 5.73 Å². The molecule has 0 aliphatic carbocycles. The van der Waals surface area contributed by atoms with Crippen molar-refractivity contribution in [2.75, 3.05) is 25.1 Å². The molecule has 0 bridgehead atoms. The standard InChI is InChI=1S/C22H24ClN5O3/c1-31-22(30)16-12-27-21-15(8-9-26-21)19(16)28-11-10-25-18(20(28)24)17(29)7-4-13-2-5-14(23)6-3-13/h2-3,5-6,8-9,12,18,20,25H,4,7,10-11,24H2,1H3,(H,26,27). The van der Waals surface area contributed by atoms with Gasteiger partial charge in [-0.1, -0.05) is 23.7 Å². The van der Waals surface area contributed by atoms with Crippen LogP contribution in [0.2, 0.25) is 5.02 Å². The van der Waals surface area contributed by atoms with E-state index in [4.69, 9.17) is 22.1 Å². The quantitative estimate of drug-likeness (QED) is 0.503. The van der Waals surface area contributed by atoms with Gasteiger partial charge < -0.3 is 25.7 Å². The van der Waals surface area contributed by atoms with Gasteiger partial charge in [-0.15, -0.1) is 0 Å². The molecule has 0 amide bonds. The summed E-state index contributed by atoms with van der Waals surface area (Å²) >= 11 is 5.93. The van der Waals surface area contributed by atoms with Crippen molar-refractivity contribution in [1.82, 2.24) is 15.3 Å². The first kappa shape index (κ1) is 21.3. The third-order valence-corrected chi connectivity index (χ3v) is 5.84. The number of nitrogens with one attached hydrogen (secondary N) is 2. The largest absolute Gasteiger partial charge is 0.465 e. The van der Waals surface area contributed by atoms with Crippen molar-refractivity contribution >= 4 is 40.1 Å². The number of Topliss-reactive ketones (excluding diaryl/α,β-unsaturated/α-hetero) is 1. The lowest BCUT2D eigenvalue weighted by Gasteiger charge is -2.41. The zero-order valence-corrected chi connectivity index (χ0v) is 17.9. The Hall–Kier alpha value is -2.94. The van der Waals surface area contributed by atoms with E-state index in [0.717, 1.165) is 10.9 Å². The topological polar surface area (TPSA) is 113 Å². The van der Waals surface area contributed by atoms with E-state index in [1.54, 1.807) is 6.20 Å². The van der Waals surface area contributed by atoms with E-state index >= 15 is 0 Å². The average molecular weight is 442 g/mol. The molecule has 0 radical (unpaired) electrons. The van der Waals surface area contributed by atoms with Gasteiger partial charge in [0, 0.05) is 42.3 Å². The number of pyridine rings is 1. The molecule has 2 unspecified atom stereocenters. The molecule has 31 heavy (non-hydrogen) atoms. The van der Waals surface area contributed by atoms with Crippen molar-refractivity contribution in [3.63, 3.8) is 0 Å². The van der Waals surface area contributed by atoms with Crippen LogP contribution in [0.3, 0.4) is 0 Å². The molecule has 4 rings (SSSR count). The minimum absolute atomic E-state index is 0.0196. The number of halogens is 1. The van der Waals surface area contributed by atoms with Crippen LogP contribution in [-0.4, -0.2) is 54.1 Å². The monoisotopic (exact) mass is 441 g/mol. The number of H-pyrrole nitrogens is 1. The summed E-state index contributed by atoms with van der Waals surface area (Å²) in [6, 6.07) is 8.74. The van der Waals surface area contributed by atoms with Crippen LogP contribution >= 0.6 is 11.6 Å². The highest BCUT2D eigenvalue weighted by Gasteiger charge is 2.35. The summed E-state index contributed by atoms with van der Waals surface area (Å²) in [7, 11) is 1.33. The predicted octanol–water partition coefficient (Wildman–Crippen LogP) is 2.27. The molecule has 9 heteroatoms. The number of piperazine rings is 1. The Morgan fingerprint density at radius 2 is 2.06 bits per heavy atom. The molecule has 162 valence electrons. The maximum Gasteiger partial charge on any atom is 0.341 e. The second-order valence-electron chi connectivity index (χ2n) is 7.46. The van der Waals surface area contributed by atoms with Crippen LogP contribution in [-0.2, 0) is 16.0 Å². The number of carbonyl (C=O) groups is 2. The molecule has 3 aromatic rings. The van der Waals surface area contributed by atoms with Gasteiger partial charge in [0.15, 0.2) is 5.78 Å². The van der Waals surface area contributed by atoms with Crippen LogP contribution in [0.4, 0.5) is 5.69 Å². The molecule has 0 spiro atoms. The van der Waals surface area contributed by atoms with Crippen molar-refractivity contribution < 1.29 is 14.3 Å². The van der Waals surface area contributed by atoms with Gasteiger partial charge in [0.1, 0.15) is 17.3 Å². The average Bonchev–Trinajstić information content (AvgIpc) is 3.26. The Bertz CT molecular complexity index is 1100. The molecule has 8 nitrogen and oxygen atoms in total. The fourth-order valence-corrected chi connectivity index (χ4v) is 4.12. The molecule has 1 aliphatic rings. The van der Waals surface area contributed by atoms with E-state index in [2.05, 4.69) is 15.3 Å². The Kier molecular flexibility index (Phi) is 6.22. The number of carbonyl (C=O) groups excluding carboxylic acids is 2. The lowest BCUT2D eigenvalue weighted by molar-refractivity contribution is -0.121. The van der Waals surface area contributed by atoms with Crippen molar-refractivity contribution in [3.8, 4) is 0 Å². The van der Waals surface area contributed by atoms with Gasteiger partial charge in [-0.25, -0.2) is 9.78 Å². The summed E-state index contributed by atoms with van der Waals surface area (Å²) in [6.45, 7) is 1.09. The second-order valence-corrected chi connectivity index (χ2v) is 7.90. The van der Waals surface area contributed by atoms with Gasteiger partial charge in [-0.3, -0.25) is 4.79 Å². The van der Waals surface area contributed by atoms with E-state index in [0.29, 0.717) is 47.9 Å². The van der Waals surface area contributed by atoms with Crippen LogP contribution in [0, 0.1) is 0 Å². The summed E-state index contributed by atoms with van der Waals surface area (Å²) in [5, 5.41) is 4.66. The first-order valence-corrected chi connectivity index (χ1v) is 10.4. The summed E-state index contributed by atoms with van der Waals surface area (Å²) in [4.78, 5) is 34.7. The first-order valence-electron chi connectivity index (χ1n) is 10.1. The molecule has 1 aliphatic heterocycles. The third-order valence-electron chi connectivity index (χ3n) is 5.59. The summed E-state index contributed by atoms with van der Waals surface area (Å²) in [5.74, 6) is -0.479. The van der Waals surface area contributed by atoms with Gasteiger partial charge in [0.05, 0.1) is 19.0 Å². The predicted molar refractivity (Wildman–Crippen MR) is 119 cm³/mol. The number of aryl methyl sites for hydroxylation is 1. The number of methoxy groups -OCH3 is 1. The molecule has 2 atom stereocenters. The number of nitrogens with two attached hydrogens (primary N) is 1. The lowest BCUT2D eigenvalue weighted by atomic mass is 9.98. The Labute approximate surface area is 184 Å². The number of aromatic nitrogens is 2. The minimum atomic E-state index is -0.643. The molecule has 0 saturated carbocycles. The lowest BCUT2D eigenvalue weighted by Crippen LogP contribution is -2.65. The van der Waals surface area contributed by atoms with E-state index < -0.39 is 18.2 Å². The van der Waals surface area contributed by atoms with Gasteiger partial charge in [0.25, 0.3) is 0 Å². The second kappa shape index (κ2) is 9.05. The number of ketones is 1. The number of hydrogen-bond donors (Lipinski definition) is 3. The normalized spacial score (nSPS) is 18.9. The van der Waals surface area contributed by atoms with Gasteiger partial charge >= 0.3 is 5.97 Å². The molecule has 4 N–H and O–H groups in total. The Morgan fingerprint density at radius 1 is 1.29 bits per heavy atom. The number of ether oxygens (including phenoxy) is 1. The fourth-order valence-electron chi connectivity index (χ4n) is 3.99. The number of fused-ring (bicyclic) bond motifs is 1. The first-order chi connectivity index (χ1) is 15.0. The number of aromatic amines is 1. The number of esters is 1. The van der Waals surface area contributed by atoms with Crippen molar-refractivity contribution in [2.45, 2.75) is 25.0 Å². The number of rotatable bonds is 6.